The van der Waals surface area contributed by atoms with E-state index in [4.69, 9.17) is 0 Å². The molecule has 0 aromatic heterocycles. The van der Waals surface area contributed by atoms with E-state index in [1.54, 1.807) is 0 Å². The molecular formula is CoCuFeMnMoZn. The summed E-state index contributed by atoms with van der Waals surface area (Å²) in [5.74, 6) is 0. The molecule has 0 unspecified atom stereocenters. The zero-order valence-corrected chi connectivity index (χ0v) is 11.7. The zero-order valence-electron chi connectivity index (χ0n) is 2.48. The largest absolute Gasteiger partial charge is 0 e. The van der Waals surface area contributed by atoms with E-state index in [0.717, 1.165) is 0 Å². The summed E-state index contributed by atoms with van der Waals surface area (Å²) in [5.41, 5.74) is 0. The summed E-state index contributed by atoms with van der Waals surface area (Å²) in [7, 11) is 0. The molecule has 0 aliphatic heterocycles. The van der Waals surface area contributed by atoms with Gasteiger partial charge in [0.05, 0.1) is 0 Å². The Hall–Kier alpha value is 3.38. The Balaban J connectivity index is 0. The molecule has 0 spiro atoms. The molecule has 0 nitrogen and oxygen atoms in total. The van der Waals surface area contributed by atoms with E-state index in [-0.39, 0.29) is 109 Å². The summed E-state index contributed by atoms with van der Waals surface area (Å²) < 4.78 is 0. The summed E-state index contributed by atoms with van der Waals surface area (Å²) in [6, 6.07) is 0. The summed E-state index contributed by atoms with van der Waals surface area (Å²) in [6.07, 6.45) is 0. The normalized spacial score (nSPS) is 0. The van der Waals surface area contributed by atoms with E-state index in [1.165, 1.54) is 0 Å². The maximum atomic E-state index is 0. The van der Waals surface area contributed by atoms with Crippen molar-refractivity contribution in [3.8, 4) is 0 Å². The van der Waals surface area contributed by atoms with Crippen molar-refractivity contribution in [1.29, 1.82) is 0 Å². The van der Waals surface area contributed by atoms with Crippen LogP contribution in [0.25, 0.3) is 0 Å². The minimum absolute atomic E-state index is 0. The van der Waals surface area contributed by atoms with E-state index < -0.39 is 0 Å². The van der Waals surface area contributed by atoms with Crippen molar-refractivity contribution in [2.45, 2.75) is 0 Å². The fourth-order valence-corrected chi connectivity index (χ4v) is 0. The molecule has 0 aromatic carbocycles. The van der Waals surface area contributed by atoms with E-state index in [0.29, 0.717) is 0 Å². The third-order valence-electron chi connectivity index (χ3n) is 0. The van der Waals surface area contributed by atoms with Gasteiger partial charge in [-0.3, -0.25) is 0 Å². The fourth-order valence-electron chi connectivity index (χ4n) is 0. The van der Waals surface area contributed by atoms with Crippen molar-refractivity contribution >= 4 is 0 Å². The molecule has 0 aromatic rings. The first-order chi connectivity index (χ1) is 0. The molecule has 0 rings (SSSR count). The van der Waals surface area contributed by atoms with Crippen molar-refractivity contribution in [2.75, 3.05) is 0 Å². The number of hydrogen-bond donors (Lipinski definition) is 0. The molecule has 0 saturated carbocycles. The van der Waals surface area contributed by atoms with Crippen molar-refractivity contribution < 1.29 is 109 Å². The van der Waals surface area contributed by atoms with Gasteiger partial charge < -0.3 is 0 Å². The summed E-state index contributed by atoms with van der Waals surface area (Å²) in [6.45, 7) is 0. The Bertz CT molecular complexity index is 15.5. The molecule has 0 aliphatic rings. The molecule has 0 saturated heterocycles. The molecule has 0 N–H and O–H groups in total. The molecule has 0 fully saturated rings. The molecule has 6 heteroatoms. The quantitative estimate of drug-likeness (QED) is 0.507. The average Bonchev–Trinajstić information content (AvgIpc) is 0. The van der Waals surface area contributed by atoms with E-state index in [2.05, 4.69) is 0 Å². The first kappa shape index (κ1) is 57.7. The number of hydrogen-bond acceptors (Lipinski definition) is 0. The van der Waals surface area contributed by atoms with Gasteiger partial charge in [0.25, 0.3) is 0 Å². The van der Waals surface area contributed by atoms with Crippen LogP contribution in [-0.4, -0.2) is 0 Å². The van der Waals surface area contributed by atoms with Crippen LogP contribution in [0.5, 0.6) is 0 Å². The second-order valence-electron chi connectivity index (χ2n) is 0. The first-order valence-corrected chi connectivity index (χ1v) is 0. The topological polar surface area (TPSA) is 0 Å². The monoisotopic (exact) mass is 395 g/mol. The van der Waals surface area contributed by atoms with Gasteiger partial charge in [-0.25, -0.2) is 0 Å². The van der Waals surface area contributed by atoms with Gasteiger partial charge in [-0.15, -0.1) is 0 Å². The van der Waals surface area contributed by atoms with E-state index in [9.17, 15) is 0 Å². The molecule has 0 aliphatic carbocycles. The summed E-state index contributed by atoms with van der Waals surface area (Å²) >= 11 is 0. The van der Waals surface area contributed by atoms with Crippen LogP contribution >= 0.6 is 0 Å². The van der Waals surface area contributed by atoms with E-state index >= 15 is 0 Å². The Labute approximate surface area is 107 Å². The average molecular weight is 395 g/mol. The fraction of sp³-hybridized carbons (Fsp3) is 0. The van der Waals surface area contributed by atoms with Crippen LogP contribution < -0.4 is 0 Å². The molecular weight excluding hydrogens is 395 g/mol. The second kappa shape index (κ2) is 40.0. The third kappa shape index (κ3) is 26.3. The van der Waals surface area contributed by atoms with Crippen molar-refractivity contribution in [1.82, 2.24) is 0 Å². The smallest absolute Gasteiger partial charge is 0 e. The van der Waals surface area contributed by atoms with Gasteiger partial charge in [0.15, 0.2) is 0 Å². The number of rotatable bonds is 0. The van der Waals surface area contributed by atoms with Gasteiger partial charge in [0, 0.05) is 109 Å². The molecule has 0 heterocycles. The van der Waals surface area contributed by atoms with Gasteiger partial charge in [0.1, 0.15) is 0 Å². The van der Waals surface area contributed by atoms with Crippen molar-refractivity contribution in [3.05, 3.63) is 0 Å². The van der Waals surface area contributed by atoms with Crippen LogP contribution in [0.15, 0.2) is 0 Å². The third-order valence-corrected chi connectivity index (χ3v) is 0. The Morgan fingerprint density at radius 2 is 1.00 bits per heavy atom. The molecule has 0 amide bonds. The summed E-state index contributed by atoms with van der Waals surface area (Å²) in [4.78, 5) is 0. The molecule has 43 valence electrons. The Morgan fingerprint density at radius 1 is 1.00 bits per heavy atom. The van der Waals surface area contributed by atoms with Crippen LogP contribution in [0.2, 0.25) is 0 Å². The Kier molecular flexibility index (Phi) is 384. The molecule has 6 heavy (non-hydrogen) atoms. The zero-order chi connectivity index (χ0) is 0. The van der Waals surface area contributed by atoms with Crippen molar-refractivity contribution in [3.63, 3.8) is 0 Å². The second-order valence-corrected chi connectivity index (χ2v) is 0. The maximum Gasteiger partial charge on any atom is 0 e. The minimum Gasteiger partial charge on any atom is 0 e. The van der Waals surface area contributed by atoms with Crippen LogP contribution in [0, 0.1) is 0 Å². The molecule has 0 bridgehead atoms. The van der Waals surface area contributed by atoms with Crippen LogP contribution in [-0.2, 0) is 109 Å². The first-order valence-electron chi connectivity index (χ1n) is 0. The molecule has 0 atom stereocenters. The van der Waals surface area contributed by atoms with Gasteiger partial charge in [-0.1, -0.05) is 0 Å². The van der Waals surface area contributed by atoms with E-state index in [1.807, 2.05) is 0 Å². The Morgan fingerprint density at radius 3 is 1.00 bits per heavy atom. The predicted molar refractivity (Wildman–Crippen MR) is 0 cm³/mol. The van der Waals surface area contributed by atoms with Crippen LogP contribution in [0.4, 0.5) is 0 Å². The summed E-state index contributed by atoms with van der Waals surface area (Å²) in [5, 5.41) is 0. The molecule has 3 radical (unpaired) electrons. The van der Waals surface area contributed by atoms with Crippen LogP contribution in [0.1, 0.15) is 0 Å². The van der Waals surface area contributed by atoms with Gasteiger partial charge in [0.2, 0.25) is 0 Å². The SMILES string of the molecule is [Co].[Cu].[Fe].[Mn].[Mo].[Zn]. The minimum atomic E-state index is 0. The standard InChI is InChI=1S/Co.Cu.Fe.Mn.Mo.Zn. The van der Waals surface area contributed by atoms with Gasteiger partial charge in [-0.2, -0.15) is 0 Å². The van der Waals surface area contributed by atoms with Gasteiger partial charge in [-0.05, 0) is 0 Å². The van der Waals surface area contributed by atoms with Crippen LogP contribution in [0.3, 0.4) is 0 Å². The maximum absolute atomic E-state index is 0. The van der Waals surface area contributed by atoms with Gasteiger partial charge >= 0.3 is 0 Å². The van der Waals surface area contributed by atoms with Crippen molar-refractivity contribution in [2.24, 2.45) is 0 Å². The predicted octanol–water partition coefficient (Wildman–Crippen LogP) is -0.0150.